The number of nitrogens with one attached hydrogen (secondary N) is 1. The molecule has 92 valence electrons. The van der Waals surface area contributed by atoms with Gasteiger partial charge in [-0.1, -0.05) is 11.6 Å². The number of anilines is 1. The van der Waals surface area contributed by atoms with Crippen LogP contribution in [-0.2, 0) is 6.54 Å². The molecule has 0 spiro atoms. The Morgan fingerprint density at radius 2 is 2.11 bits per heavy atom. The second kappa shape index (κ2) is 5.43. The van der Waals surface area contributed by atoms with E-state index in [1.807, 2.05) is 6.07 Å². The second-order valence-corrected chi connectivity index (χ2v) is 5.88. The number of hydrogen-bond donors (Lipinski definition) is 1. The van der Waals surface area contributed by atoms with E-state index in [0.29, 0.717) is 10.6 Å². The fraction of sp³-hybridized carbons (Fsp3) is 0.214. The van der Waals surface area contributed by atoms with Gasteiger partial charge in [0, 0.05) is 21.3 Å². The number of benzene rings is 1. The van der Waals surface area contributed by atoms with Crippen molar-refractivity contribution in [3.05, 3.63) is 50.2 Å². The van der Waals surface area contributed by atoms with Crippen LogP contribution < -0.4 is 5.32 Å². The van der Waals surface area contributed by atoms with Crippen LogP contribution in [0.5, 0.6) is 0 Å². The minimum atomic E-state index is 0.576. The van der Waals surface area contributed by atoms with Crippen LogP contribution in [0.25, 0.3) is 0 Å². The van der Waals surface area contributed by atoms with Gasteiger partial charge in [0.05, 0.1) is 11.3 Å². The van der Waals surface area contributed by atoms with E-state index in [9.17, 15) is 0 Å². The van der Waals surface area contributed by atoms with Gasteiger partial charge in [-0.25, -0.2) is 0 Å². The van der Waals surface area contributed by atoms with Crippen molar-refractivity contribution in [2.75, 3.05) is 5.32 Å². The minimum Gasteiger partial charge on any atom is -0.379 e. The summed E-state index contributed by atoms with van der Waals surface area (Å²) in [7, 11) is 0. The molecule has 0 radical (unpaired) electrons. The van der Waals surface area contributed by atoms with Crippen LogP contribution in [0.4, 0.5) is 5.69 Å². The van der Waals surface area contributed by atoms with Gasteiger partial charge < -0.3 is 5.32 Å². The number of thiophene rings is 1. The van der Waals surface area contributed by atoms with Crippen molar-refractivity contribution in [3.63, 3.8) is 0 Å². The molecule has 0 bridgehead atoms. The van der Waals surface area contributed by atoms with Crippen LogP contribution in [0.15, 0.2) is 24.3 Å². The molecule has 0 unspecified atom stereocenters. The van der Waals surface area contributed by atoms with E-state index < -0.39 is 0 Å². The van der Waals surface area contributed by atoms with E-state index in [-0.39, 0.29) is 0 Å². The lowest BCUT2D eigenvalue weighted by Gasteiger charge is -2.07. The molecular weight excluding hydrogens is 264 g/mol. The summed E-state index contributed by atoms with van der Waals surface area (Å²) < 4.78 is 0. The molecule has 0 aliphatic heterocycles. The Morgan fingerprint density at radius 3 is 2.72 bits per heavy atom. The highest BCUT2D eigenvalue weighted by molar-refractivity contribution is 7.12. The predicted octanol–water partition coefficient (Wildman–Crippen LogP) is 4.50. The molecule has 0 atom stereocenters. The maximum Gasteiger partial charge on any atom is 0.101 e. The first kappa shape index (κ1) is 12.9. The van der Waals surface area contributed by atoms with Gasteiger partial charge in [-0.2, -0.15) is 5.26 Å². The van der Waals surface area contributed by atoms with Crippen LogP contribution in [0, 0.1) is 25.2 Å². The van der Waals surface area contributed by atoms with Crippen LogP contribution >= 0.6 is 22.9 Å². The summed E-state index contributed by atoms with van der Waals surface area (Å²) >= 11 is 7.64. The monoisotopic (exact) mass is 276 g/mol. The molecule has 2 aromatic rings. The highest BCUT2D eigenvalue weighted by Crippen LogP contribution is 2.24. The van der Waals surface area contributed by atoms with E-state index >= 15 is 0 Å². The molecule has 1 aromatic carbocycles. The molecule has 0 amide bonds. The minimum absolute atomic E-state index is 0.576. The van der Waals surface area contributed by atoms with Gasteiger partial charge in [0.1, 0.15) is 6.07 Å². The standard InChI is InChI=1S/C14H13ClN2S/c1-9-5-13(18-10(9)2)8-17-14-4-3-12(15)6-11(14)7-16/h3-6,17H,8H2,1-2H3. The quantitative estimate of drug-likeness (QED) is 0.896. The molecule has 4 heteroatoms. The van der Waals surface area contributed by atoms with E-state index in [4.69, 9.17) is 16.9 Å². The predicted molar refractivity (Wildman–Crippen MR) is 77.3 cm³/mol. The molecule has 2 rings (SSSR count). The Kier molecular flexibility index (Phi) is 3.90. The third-order valence-corrected chi connectivity index (χ3v) is 4.16. The lowest BCUT2D eigenvalue weighted by Crippen LogP contribution is -1.99. The van der Waals surface area contributed by atoms with Gasteiger partial charge in [-0.15, -0.1) is 11.3 Å². The molecule has 0 saturated carbocycles. The molecule has 0 saturated heterocycles. The van der Waals surface area contributed by atoms with E-state index in [0.717, 1.165) is 12.2 Å². The Balaban J connectivity index is 2.13. The fourth-order valence-corrected chi connectivity index (χ4v) is 2.85. The first-order chi connectivity index (χ1) is 8.60. The number of nitrogens with zero attached hydrogens (tertiary/aromatic N) is 1. The largest absolute Gasteiger partial charge is 0.379 e. The summed E-state index contributed by atoms with van der Waals surface area (Å²) in [6, 6.07) is 9.63. The second-order valence-electron chi connectivity index (χ2n) is 4.11. The van der Waals surface area contributed by atoms with Crippen LogP contribution in [0.2, 0.25) is 5.02 Å². The highest BCUT2D eigenvalue weighted by Gasteiger charge is 2.05. The molecule has 0 fully saturated rings. The number of aryl methyl sites for hydroxylation is 2. The number of halogens is 1. The number of nitriles is 1. The first-order valence-corrected chi connectivity index (χ1v) is 6.79. The zero-order valence-corrected chi connectivity index (χ0v) is 11.8. The Morgan fingerprint density at radius 1 is 1.33 bits per heavy atom. The smallest absolute Gasteiger partial charge is 0.101 e. The average Bonchev–Trinajstić information content (AvgIpc) is 2.67. The lowest BCUT2D eigenvalue weighted by molar-refractivity contribution is 1.18. The molecule has 0 aliphatic carbocycles. The summed E-state index contributed by atoms with van der Waals surface area (Å²) in [4.78, 5) is 2.60. The van der Waals surface area contributed by atoms with Crippen LogP contribution in [0.3, 0.4) is 0 Å². The lowest BCUT2D eigenvalue weighted by atomic mass is 10.2. The number of rotatable bonds is 3. The SMILES string of the molecule is Cc1cc(CNc2ccc(Cl)cc2C#N)sc1C. The van der Waals surface area contributed by atoms with Gasteiger partial charge >= 0.3 is 0 Å². The third-order valence-electron chi connectivity index (χ3n) is 2.77. The Hall–Kier alpha value is -1.50. The third kappa shape index (κ3) is 2.84. The van der Waals surface area contributed by atoms with Crippen molar-refractivity contribution in [1.82, 2.24) is 0 Å². The summed E-state index contributed by atoms with van der Waals surface area (Å²) in [6.07, 6.45) is 0. The zero-order valence-electron chi connectivity index (χ0n) is 10.2. The van der Waals surface area contributed by atoms with Crippen molar-refractivity contribution in [2.45, 2.75) is 20.4 Å². The fourth-order valence-electron chi connectivity index (χ4n) is 1.68. The molecule has 1 heterocycles. The molecule has 2 nitrogen and oxygen atoms in total. The van der Waals surface area contributed by atoms with Crippen molar-refractivity contribution in [2.24, 2.45) is 0 Å². The summed E-state index contributed by atoms with van der Waals surface area (Å²) in [5, 5.41) is 12.9. The van der Waals surface area contributed by atoms with Gasteiger partial charge in [-0.05, 0) is 43.7 Å². The number of hydrogen-bond acceptors (Lipinski definition) is 3. The Labute approximate surface area is 116 Å². The first-order valence-electron chi connectivity index (χ1n) is 5.59. The van der Waals surface area contributed by atoms with Crippen molar-refractivity contribution < 1.29 is 0 Å². The van der Waals surface area contributed by atoms with Crippen LogP contribution in [0.1, 0.15) is 20.9 Å². The molecule has 0 aliphatic rings. The maximum atomic E-state index is 9.04. The van der Waals surface area contributed by atoms with Gasteiger partial charge in [0.15, 0.2) is 0 Å². The molecular formula is C14H13ClN2S. The van der Waals surface area contributed by atoms with E-state index in [1.165, 1.54) is 15.3 Å². The van der Waals surface area contributed by atoms with Crippen molar-refractivity contribution >= 4 is 28.6 Å². The van der Waals surface area contributed by atoms with Gasteiger partial charge in [-0.3, -0.25) is 0 Å². The molecule has 18 heavy (non-hydrogen) atoms. The van der Waals surface area contributed by atoms with E-state index in [1.54, 1.807) is 23.5 Å². The normalized spacial score (nSPS) is 10.1. The average molecular weight is 277 g/mol. The van der Waals surface area contributed by atoms with Crippen molar-refractivity contribution in [1.29, 1.82) is 5.26 Å². The molecule has 1 aromatic heterocycles. The summed E-state index contributed by atoms with van der Waals surface area (Å²) in [5.74, 6) is 0. The zero-order chi connectivity index (χ0) is 13.1. The maximum absolute atomic E-state index is 9.04. The van der Waals surface area contributed by atoms with Crippen LogP contribution in [-0.4, -0.2) is 0 Å². The highest BCUT2D eigenvalue weighted by atomic mass is 35.5. The van der Waals surface area contributed by atoms with Gasteiger partial charge in [0.25, 0.3) is 0 Å². The van der Waals surface area contributed by atoms with Crippen molar-refractivity contribution in [3.8, 4) is 6.07 Å². The van der Waals surface area contributed by atoms with Gasteiger partial charge in [0.2, 0.25) is 0 Å². The topological polar surface area (TPSA) is 35.8 Å². The summed E-state index contributed by atoms with van der Waals surface area (Å²) in [6.45, 7) is 4.96. The Bertz CT molecular complexity index is 591. The molecule has 1 N–H and O–H groups in total. The van der Waals surface area contributed by atoms with E-state index in [2.05, 4.69) is 31.3 Å². The summed E-state index contributed by atoms with van der Waals surface area (Å²) in [5.41, 5.74) is 2.71.